The molecule has 0 radical (unpaired) electrons. The number of thiazole rings is 1. The molecule has 0 atom stereocenters. The van der Waals surface area contributed by atoms with E-state index in [0.717, 1.165) is 5.56 Å². The fourth-order valence-corrected chi connectivity index (χ4v) is 4.38. The largest absolute Gasteiger partial charge is 0.455 e. The molecular formula is C25H16ClN3O3S. The molecule has 2 heterocycles. The number of rotatable bonds is 5. The van der Waals surface area contributed by atoms with Gasteiger partial charge in [-0.3, -0.25) is 14.0 Å². The number of hydrogen-bond donors (Lipinski definition) is 1. The Morgan fingerprint density at radius 1 is 1.00 bits per heavy atom. The molecule has 6 nitrogen and oxygen atoms in total. The zero-order valence-electron chi connectivity index (χ0n) is 17.1. The molecule has 0 aliphatic rings. The van der Waals surface area contributed by atoms with E-state index in [1.165, 1.54) is 21.9 Å². The van der Waals surface area contributed by atoms with Gasteiger partial charge >= 0.3 is 0 Å². The van der Waals surface area contributed by atoms with Gasteiger partial charge < -0.3 is 10.1 Å². The molecule has 1 amide bonds. The minimum Gasteiger partial charge on any atom is -0.455 e. The van der Waals surface area contributed by atoms with Gasteiger partial charge in [-0.2, -0.15) is 0 Å². The lowest BCUT2D eigenvalue weighted by molar-refractivity contribution is 0.102. The van der Waals surface area contributed by atoms with Crippen LogP contribution in [0.1, 0.15) is 10.4 Å². The van der Waals surface area contributed by atoms with Gasteiger partial charge in [-0.05, 0) is 35.9 Å². The molecule has 0 aliphatic heterocycles. The summed E-state index contributed by atoms with van der Waals surface area (Å²) in [5.41, 5.74) is 1.34. The maximum absolute atomic E-state index is 13.3. The molecule has 0 spiro atoms. The average Bonchev–Trinajstić information content (AvgIpc) is 3.27. The van der Waals surface area contributed by atoms with E-state index in [1.807, 2.05) is 53.9 Å². The van der Waals surface area contributed by atoms with Gasteiger partial charge in [-0.15, -0.1) is 11.3 Å². The number of fused-ring (bicyclic) bond motifs is 1. The second-order valence-corrected chi connectivity index (χ2v) is 8.36. The number of ether oxygens (including phenoxy) is 1. The molecule has 5 rings (SSSR count). The van der Waals surface area contributed by atoms with E-state index < -0.39 is 11.5 Å². The number of benzene rings is 3. The normalized spacial score (nSPS) is 10.8. The predicted molar refractivity (Wildman–Crippen MR) is 131 cm³/mol. The van der Waals surface area contributed by atoms with E-state index in [-0.39, 0.29) is 5.56 Å². The van der Waals surface area contributed by atoms with Gasteiger partial charge in [0.2, 0.25) is 0 Å². The standard InChI is InChI=1S/C25H16ClN3O3S/c26-17-11-12-22(32-18-9-5-2-6-10-18)20(13-17)28-23(30)19-14-27-25-29(24(19)31)21(15-33-25)16-7-3-1-4-8-16/h1-15H,(H,28,30). The van der Waals surface area contributed by atoms with Gasteiger partial charge in [0.05, 0.1) is 11.4 Å². The maximum atomic E-state index is 13.3. The summed E-state index contributed by atoms with van der Waals surface area (Å²) in [6.45, 7) is 0. The zero-order chi connectivity index (χ0) is 22.8. The topological polar surface area (TPSA) is 72.7 Å². The van der Waals surface area contributed by atoms with Crippen molar-refractivity contribution in [3.8, 4) is 22.8 Å². The van der Waals surface area contributed by atoms with Crippen LogP contribution in [0.5, 0.6) is 11.5 Å². The zero-order valence-corrected chi connectivity index (χ0v) is 18.6. The van der Waals surface area contributed by atoms with Crippen LogP contribution in [0.2, 0.25) is 5.02 Å². The Morgan fingerprint density at radius 3 is 2.48 bits per heavy atom. The van der Waals surface area contributed by atoms with Crippen LogP contribution in [-0.4, -0.2) is 15.3 Å². The number of halogens is 1. The molecular weight excluding hydrogens is 458 g/mol. The van der Waals surface area contributed by atoms with Crippen LogP contribution in [0.3, 0.4) is 0 Å². The second kappa shape index (κ2) is 8.90. The van der Waals surface area contributed by atoms with E-state index in [0.29, 0.717) is 32.9 Å². The van der Waals surface area contributed by atoms with Crippen molar-refractivity contribution in [2.24, 2.45) is 0 Å². The van der Waals surface area contributed by atoms with E-state index in [1.54, 1.807) is 30.3 Å². The molecule has 0 fully saturated rings. The van der Waals surface area contributed by atoms with E-state index >= 15 is 0 Å². The summed E-state index contributed by atoms with van der Waals surface area (Å²) >= 11 is 7.48. The lowest BCUT2D eigenvalue weighted by Gasteiger charge is -2.13. The number of nitrogens with zero attached hydrogens (tertiary/aromatic N) is 2. The molecule has 2 aromatic heterocycles. The predicted octanol–water partition coefficient (Wildman–Crippen LogP) is 6.12. The van der Waals surface area contributed by atoms with Crippen molar-refractivity contribution in [2.45, 2.75) is 0 Å². The molecule has 33 heavy (non-hydrogen) atoms. The third-order valence-electron chi connectivity index (χ3n) is 4.92. The van der Waals surface area contributed by atoms with Crippen molar-refractivity contribution < 1.29 is 9.53 Å². The number of amides is 1. The molecule has 1 N–H and O–H groups in total. The van der Waals surface area contributed by atoms with Crippen LogP contribution in [0, 0.1) is 0 Å². The van der Waals surface area contributed by atoms with Crippen LogP contribution in [0.15, 0.2) is 95.2 Å². The van der Waals surface area contributed by atoms with Gasteiger partial charge in [-0.1, -0.05) is 60.1 Å². The highest BCUT2D eigenvalue weighted by Gasteiger charge is 2.19. The number of anilines is 1. The smallest absolute Gasteiger partial charge is 0.271 e. The number of carbonyl (C=O) groups excluding carboxylic acids is 1. The summed E-state index contributed by atoms with van der Waals surface area (Å²) in [5, 5.41) is 5.01. The van der Waals surface area contributed by atoms with E-state index in [9.17, 15) is 9.59 Å². The first-order valence-corrected chi connectivity index (χ1v) is 11.2. The van der Waals surface area contributed by atoms with Crippen molar-refractivity contribution in [3.63, 3.8) is 0 Å². The van der Waals surface area contributed by atoms with Crippen LogP contribution in [0.25, 0.3) is 16.2 Å². The summed E-state index contributed by atoms with van der Waals surface area (Å²) in [4.78, 5) is 31.2. The van der Waals surface area contributed by atoms with Gasteiger partial charge in [-0.25, -0.2) is 4.98 Å². The van der Waals surface area contributed by atoms with E-state index in [4.69, 9.17) is 16.3 Å². The Hall–Kier alpha value is -3.94. The SMILES string of the molecule is O=C(Nc1cc(Cl)ccc1Oc1ccccc1)c1cnc2scc(-c3ccccc3)n2c1=O. The van der Waals surface area contributed by atoms with Crippen molar-refractivity contribution in [1.29, 1.82) is 0 Å². The molecule has 0 unspecified atom stereocenters. The fourth-order valence-electron chi connectivity index (χ4n) is 3.35. The summed E-state index contributed by atoms with van der Waals surface area (Å²) in [5.74, 6) is 0.394. The third-order valence-corrected chi connectivity index (χ3v) is 6.00. The van der Waals surface area contributed by atoms with Gasteiger partial charge in [0.15, 0.2) is 10.7 Å². The summed E-state index contributed by atoms with van der Waals surface area (Å²) in [6, 6.07) is 23.5. The highest BCUT2D eigenvalue weighted by atomic mass is 35.5. The molecule has 5 aromatic rings. The Balaban J connectivity index is 1.51. The Bertz CT molecular complexity index is 1520. The molecule has 0 saturated carbocycles. The summed E-state index contributed by atoms with van der Waals surface area (Å²) in [7, 11) is 0. The lowest BCUT2D eigenvalue weighted by atomic mass is 10.2. The fraction of sp³-hybridized carbons (Fsp3) is 0. The highest BCUT2D eigenvalue weighted by molar-refractivity contribution is 7.15. The summed E-state index contributed by atoms with van der Waals surface area (Å²) in [6.07, 6.45) is 1.29. The Kier molecular flexibility index (Phi) is 5.64. The van der Waals surface area contributed by atoms with Crippen molar-refractivity contribution in [2.75, 3.05) is 5.32 Å². The summed E-state index contributed by atoms with van der Waals surface area (Å²) < 4.78 is 7.35. The maximum Gasteiger partial charge on any atom is 0.271 e. The average molecular weight is 474 g/mol. The Labute approximate surface area is 197 Å². The molecule has 162 valence electrons. The van der Waals surface area contributed by atoms with Crippen LogP contribution < -0.4 is 15.6 Å². The number of aromatic nitrogens is 2. The van der Waals surface area contributed by atoms with Crippen LogP contribution in [-0.2, 0) is 0 Å². The van der Waals surface area contributed by atoms with Crippen molar-refractivity contribution in [1.82, 2.24) is 9.38 Å². The minimum atomic E-state index is -0.604. The molecule has 0 saturated heterocycles. The van der Waals surface area contributed by atoms with Crippen molar-refractivity contribution in [3.05, 3.63) is 111 Å². The van der Waals surface area contributed by atoms with Gasteiger partial charge in [0, 0.05) is 16.6 Å². The quantitative estimate of drug-likeness (QED) is 0.333. The van der Waals surface area contributed by atoms with Crippen LogP contribution >= 0.6 is 22.9 Å². The second-order valence-electron chi connectivity index (χ2n) is 7.09. The number of hydrogen-bond acceptors (Lipinski definition) is 5. The lowest BCUT2D eigenvalue weighted by Crippen LogP contribution is -2.26. The number of para-hydroxylation sites is 1. The van der Waals surface area contributed by atoms with Crippen LogP contribution in [0.4, 0.5) is 5.69 Å². The number of nitrogens with one attached hydrogen (secondary N) is 1. The first-order chi connectivity index (χ1) is 16.1. The first-order valence-electron chi connectivity index (χ1n) is 9.98. The number of carbonyl (C=O) groups is 1. The minimum absolute atomic E-state index is 0.0892. The molecule has 0 bridgehead atoms. The highest BCUT2D eigenvalue weighted by Crippen LogP contribution is 2.32. The molecule has 3 aromatic carbocycles. The van der Waals surface area contributed by atoms with E-state index in [2.05, 4.69) is 10.3 Å². The van der Waals surface area contributed by atoms with Crippen molar-refractivity contribution >= 4 is 39.5 Å². The Morgan fingerprint density at radius 2 is 1.73 bits per heavy atom. The monoisotopic (exact) mass is 473 g/mol. The molecule has 0 aliphatic carbocycles. The first kappa shape index (κ1) is 20.9. The van der Waals surface area contributed by atoms with Gasteiger partial charge in [0.25, 0.3) is 11.5 Å². The third kappa shape index (κ3) is 4.24. The molecule has 8 heteroatoms. The van der Waals surface area contributed by atoms with Gasteiger partial charge in [0.1, 0.15) is 11.3 Å².